The molecule has 0 aromatic heterocycles. The lowest BCUT2D eigenvalue weighted by atomic mass is 10.1. The Morgan fingerprint density at radius 3 is 2.29 bits per heavy atom. The van der Waals surface area contributed by atoms with Gasteiger partial charge in [-0.3, -0.25) is 9.59 Å². The minimum atomic E-state index is -0.858. The first-order chi connectivity index (χ1) is 9.99. The maximum absolute atomic E-state index is 12.3. The number of carboxylic acids is 1. The van der Waals surface area contributed by atoms with E-state index in [-0.39, 0.29) is 18.9 Å². The Morgan fingerprint density at radius 2 is 1.76 bits per heavy atom. The molecule has 21 heavy (non-hydrogen) atoms. The van der Waals surface area contributed by atoms with Crippen molar-refractivity contribution in [1.82, 2.24) is 4.90 Å². The van der Waals surface area contributed by atoms with Crippen LogP contribution in [0, 0.1) is 6.92 Å². The molecule has 0 bridgehead atoms. The van der Waals surface area contributed by atoms with Gasteiger partial charge in [0.15, 0.2) is 0 Å². The van der Waals surface area contributed by atoms with Gasteiger partial charge in [-0.15, -0.1) is 0 Å². The van der Waals surface area contributed by atoms with Gasteiger partial charge in [-0.25, -0.2) is 0 Å². The number of carboxylic acid groups (broad SMARTS) is 1. The minimum Gasteiger partial charge on any atom is -0.481 e. The molecule has 0 aliphatic heterocycles. The molecule has 1 N–H and O–H groups in total. The molecule has 1 amide bonds. The first-order valence-electron chi connectivity index (χ1n) is 7.29. The molecule has 0 radical (unpaired) electrons. The first-order valence-corrected chi connectivity index (χ1v) is 7.29. The average Bonchev–Trinajstić information content (AvgIpc) is 2.45. The molecule has 0 heterocycles. The summed E-state index contributed by atoms with van der Waals surface area (Å²) in [6.07, 6.45) is 0.0138. The minimum absolute atomic E-state index is 0.0138. The van der Waals surface area contributed by atoms with Gasteiger partial charge in [-0.1, -0.05) is 18.2 Å². The number of benzene rings is 1. The van der Waals surface area contributed by atoms with E-state index in [1.165, 1.54) is 0 Å². The van der Waals surface area contributed by atoms with Crippen molar-refractivity contribution in [2.45, 2.75) is 27.2 Å². The molecule has 116 valence electrons. The summed E-state index contributed by atoms with van der Waals surface area (Å²) in [6, 6.07) is 7.72. The maximum Gasteiger partial charge on any atom is 0.305 e. The van der Waals surface area contributed by atoms with Crippen LogP contribution in [0.15, 0.2) is 24.3 Å². The smallest absolute Gasteiger partial charge is 0.305 e. The second kappa shape index (κ2) is 8.29. The Bertz CT molecular complexity index is 484. The third kappa shape index (κ3) is 5.10. The van der Waals surface area contributed by atoms with Gasteiger partial charge < -0.3 is 14.9 Å². The highest BCUT2D eigenvalue weighted by atomic mass is 16.4. The van der Waals surface area contributed by atoms with Crippen molar-refractivity contribution in [3.8, 4) is 0 Å². The quantitative estimate of drug-likeness (QED) is 0.797. The second-order valence-corrected chi connectivity index (χ2v) is 4.92. The van der Waals surface area contributed by atoms with E-state index in [0.29, 0.717) is 19.6 Å². The lowest BCUT2D eigenvalue weighted by Gasteiger charge is -2.28. The largest absolute Gasteiger partial charge is 0.481 e. The monoisotopic (exact) mass is 292 g/mol. The van der Waals surface area contributed by atoms with Crippen molar-refractivity contribution >= 4 is 17.6 Å². The summed E-state index contributed by atoms with van der Waals surface area (Å²) in [5.41, 5.74) is 1.95. The highest BCUT2D eigenvalue weighted by Crippen LogP contribution is 2.19. The van der Waals surface area contributed by atoms with Crippen LogP contribution in [0.4, 0.5) is 5.69 Å². The molecule has 5 nitrogen and oxygen atoms in total. The van der Waals surface area contributed by atoms with Crippen molar-refractivity contribution in [1.29, 1.82) is 0 Å². The van der Waals surface area contributed by atoms with Crippen molar-refractivity contribution in [2.75, 3.05) is 31.1 Å². The van der Waals surface area contributed by atoms with Crippen LogP contribution < -0.4 is 4.90 Å². The molecule has 1 aromatic carbocycles. The molecular formula is C16H24N2O3. The van der Waals surface area contributed by atoms with Crippen molar-refractivity contribution in [2.24, 2.45) is 0 Å². The molecule has 0 atom stereocenters. The van der Waals surface area contributed by atoms with E-state index < -0.39 is 5.97 Å². The van der Waals surface area contributed by atoms with Crippen molar-refractivity contribution in [3.63, 3.8) is 0 Å². The molecule has 0 aliphatic rings. The third-order valence-electron chi connectivity index (χ3n) is 3.49. The molecule has 0 aliphatic carbocycles. The Kier molecular flexibility index (Phi) is 6.72. The number of nitrogens with zero attached hydrogens (tertiary/aromatic N) is 2. The topological polar surface area (TPSA) is 60.9 Å². The lowest BCUT2D eigenvalue weighted by Crippen LogP contribution is -2.41. The van der Waals surface area contributed by atoms with Gasteiger partial charge in [0.25, 0.3) is 0 Å². The molecule has 1 rings (SSSR count). The standard InChI is InChI=1S/C16H24N2O3/c1-4-17(5-2)15(19)12-18(11-10-16(20)21)14-9-7-6-8-13(14)3/h6-9H,4-5,10-12H2,1-3H3,(H,20,21). The molecule has 0 fully saturated rings. The van der Waals surface area contributed by atoms with Crippen LogP contribution in [-0.4, -0.2) is 48.1 Å². The van der Waals surface area contributed by atoms with E-state index in [1.54, 1.807) is 4.90 Å². The van der Waals surface area contributed by atoms with E-state index in [0.717, 1.165) is 11.3 Å². The van der Waals surface area contributed by atoms with Crippen LogP contribution in [0.3, 0.4) is 0 Å². The Morgan fingerprint density at radius 1 is 1.14 bits per heavy atom. The number of carbonyl (C=O) groups is 2. The predicted octanol–water partition coefficient (Wildman–Crippen LogP) is 2.14. The van der Waals surface area contributed by atoms with E-state index in [4.69, 9.17) is 5.11 Å². The van der Waals surface area contributed by atoms with Crippen LogP contribution in [0.5, 0.6) is 0 Å². The van der Waals surface area contributed by atoms with Gasteiger partial charge in [0.05, 0.1) is 13.0 Å². The highest BCUT2D eigenvalue weighted by Gasteiger charge is 2.17. The van der Waals surface area contributed by atoms with E-state index >= 15 is 0 Å². The van der Waals surface area contributed by atoms with Gasteiger partial charge in [-0.2, -0.15) is 0 Å². The van der Waals surface area contributed by atoms with Crippen LogP contribution in [0.25, 0.3) is 0 Å². The summed E-state index contributed by atoms with van der Waals surface area (Å²) >= 11 is 0. The molecule has 5 heteroatoms. The number of hydrogen-bond donors (Lipinski definition) is 1. The second-order valence-electron chi connectivity index (χ2n) is 4.92. The average molecular weight is 292 g/mol. The Hall–Kier alpha value is -2.04. The number of anilines is 1. The molecule has 0 saturated heterocycles. The SMILES string of the molecule is CCN(CC)C(=O)CN(CCC(=O)O)c1ccccc1C. The normalized spacial score (nSPS) is 10.2. The third-order valence-corrected chi connectivity index (χ3v) is 3.49. The molecule has 0 unspecified atom stereocenters. The fraction of sp³-hybridized carbons (Fsp3) is 0.500. The summed E-state index contributed by atoms with van der Waals surface area (Å²) in [6.45, 7) is 7.71. The summed E-state index contributed by atoms with van der Waals surface area (Å²) in [5.74, 6) is -0.836. The van der Waals surface area contributed by atoms with Crippen LogP contribution in [-0.2, 0) is 9.59 Å². The van der Waals surface area contributed by atoms with Crippen LogP contribution in [0.2, 0.25) is 0 Å². The zero-order chi connectivity index (χ0) is 15.8. The van der Waals surface area contributed by atoms with E-state index in [9.17, 15) is 9.59 Å². The molecule has 1 aromatic rings. The van der Waals surface area contributed by atoms with Gasteiger partial charge >= 0.3 is 5.97 Å². The van der Waals surface area contributed by atoms with Crippen molar-refractivity contribution in [3.05, 3.63) is 29.8 Å². The lowest BCUT2D eigenvalue weighted by molar-refractivity contribution is -0.137. The van der Waals surface area contributed by atoms with Crippen molar-refractivity contribution < 1.29 is 14.7 Å². The Balaban J connectivity index is 2.90. The first kappa shape index (κ1) is 17.0. The van der Waals surface area contributed by atoms with E-state index in [1.807, 2.05) is 49.9 Å². The summed E-state index contributed by atoms with van der Waals surface area (Å²) in [4.78, 5) is 26.7. The predicted molar refractivity (Wildman–Crippen MR) is 83.6 cm³/mol. The van der Waals surface area contributed by atoms with Gasteiger partial charge in [-0.05, 0) is 32.4 Å². The summed E-state index contributed by atoms with van der Waals surface area (Å²) in [5, 5.41) is 8.89. The zero-order valence-corrected chi connectivity index (χ0v) is 13.0. The maximum atomic E-state index is 12.3. The number of likely N-dealkylation sites (N-methyl/N-ethyl adjacent to an activating group) is 1. The van der Waals surface area contributed by atoms with E-state index in [2.05, 4.69) is 0 Å². The zero-order valence-electron chi connectivity index (χ0n) is 13.0. The van der Waals surface area contributed by atoms with Crippen LogP contribution >= 0.6 is 0 Å². The fourth-order valence-corrected chi connectivity index (χ4v) is 2.27. The number of rotatable bonds is 8. The fourth-order valence-electron chi connectivity index (χ4n) is 2.27. The summed E-state index contributed by atoms with van der Waals surface area (Å²) in [7, 11) is 0. The van der Waals surface area contributed by atoms with Gasteiger partial charge in [0.2, 0.25) is 5.91 Å². The number of amides is 1. The molecule has 0 saturated carbocycles. The van der Waals surface area contributed by atoms with Gasteiger partial charge in [0.1, 0.15) is 0 Å². The number of aliphatic carboxylic acids is 1. The molecular weight excluding hydrogens is 268 g/mol. The number of carbonyl (C=O) groups excluding carboxylic acids is 1. The number of aryl methyl sites for hydroxylation is 1. The highest BCUT2D eigenvalue weighted by molar-refractivity contribution is 5.82. The molecule has 0 spiro atoms. The number of hydrogen-bond acceptors (Lipinski definition) is 3. The Labute approximate surface area is 126 Å². The summed E-state index contributed by atoms with van der Waals surface area (Å²) < 4.78 is 0. The van der Waals surface area contributed by atoms with Gasteiger partial charge in [0, 0.05) is 25.3 Å². The van der Waals surface area contributed by atoms with Crippen LogP contribution in [0.1, 0.15) is 25.8 Å². The number of para-hydroxylation sites is 1.